The SMILES string of the molecule is Cc1ccc(CNc2ccc(CN3CCCC(C)C3)cc2)cc1. The van der Waals surface area contributed by atoms with Gasteiger partial charge in [0, 0.05) is 25.3 Å². The highest BCUT2D eigenvalue weighted by atomic mass is 15.1. The highest BCUT2D eigenvalue weighted by Crippen LogP contribution is 2.19. The van der Waals surface area contributed by atoms with Crippen LogP contribution in [0, 0.1) is 12.8 Å². The molecule has 0 aromatic heterocycles. The first-order chi connectivity index (χ1) is 11.2. The first-order valence-corrected chi connectivity index (χ1v) is 8.80. The second-order valence-corrected chi connectivity index (χ2v) is 7.02. The van der Waals surface area contributed by atoms with Gasteiger partial charge in [-0.25, -0.2) is 0 Å². The Morgan fingerprint density at radius 1 is 1.00 bits per heavy atom. The Morgan fingerprint density at radius 3 is 2.39 bits per heavy atom. The Labute approximate surface area is 140 Å². The van der Waals surface area contributed by atoms with Crippen molar-refractivity contribution in [3.05, 3.63) is 65.2 Å². The second-order valence-electron chi connectivity index (χ2n) is 7.02. The third kappa shape index (κ3) is 4.84. The van der Waals surface area contributed by atoms with E-state index in [0.717, 1.165) is 19.0 Å². The van der Waals surface area contributed by atoms with E-state index in [4.69, 9.17) is 0 Å². The lowest BCUT2D eigenvalue weighted by Gasteiger charge is -2.30. The van der Waals surface area contributed by atoms with Crippen molar-refractivity contribution in [2.24, 2.45) is 5.92 Å². The van der Waals surface area contributed by atoms with E-state index in [1.54, 1.807) is 0 Å². The summed E-state index contributed by atoms with van der Waals surface area (Å²) in [7, 11) is 0. The number of rotatable bonds is 5. The Bertz CT molecular complexity index is 601. The van der Waals surface area contributed by atoms with Gasteiger partial charge in [0.25, 0.3) is 0 Å². The molecule has 2 heteroatoms. The molecule has 0 aliphatic carbocycles. The zero-order valence-electron chi connectivity index (χ0n) is 14.4. The summed E-state index contributed by atoms with van der Waals surface area (Å²) >= 11 is 0. The van der Waals surface area contributed by atoms with Gasteiger partial charge in [0.05, 0.1) is 0 Å². The molecule has 1 unspecified atom stereocenters. The van der Waals surface area contributed by atoms with Crippen molar-refractivity contribution < 1.29 is 0 Å². The molecule has 0 bridgehead atoms. The molecule has 2 aromatic carbocycles. The van der Waals surface area contributed by atoms with Crippen molar-refractivity contribution in [3.63, 3.8) is 0 Å². The van der Waals surface area contributed by atoms with Gasteiger partial charge in [0.15, 0.2) is 0 Å². The van der Waals surface area contributed by atoms with Crippen LogP contribution in [0.2, 0.25) is 0 Å². The number of anilines is 1. The van der Waals surface area contributed by atoms with Crippen molar-refractivity contribution in [3.8, 4) is 0 Å². The molecular weight excluding hydrogens is 280 g/mol. The average molecular weight is 308 g/mol. The van der Waals surface area contributed by atoms with Crippen molar-refractivity contribution >= 4 is 5.69 Å². The maximum atomic E-state index is 3.50. The molecule has 0 spiro atoms. The first kappa shape index (κ1) is 16.1. The van der Waals surface area contributed by atoms with Crippen LogP contribution in [0.4, 0.5) is 5.69 Å². The molecule has 1 atom stereocenters. The third-order valence-electron chi connectivity index (χ3n) is 4.72. The number of aryl methyl sites for hydroxylation is 1. The van der Waals surface area contributed by atoms with Crippen molar-refractivity contribution in [2.45, 2.75) is 39.8 Å². The fraction of sp³-hybridized carbons (Fsp3) is 0.429. The molecule has 0 saturated carbocycles. The summed E-state index contributed by atoms with van der Waals surface area (Å²) in [5, 5.41) is 3.50. The van der Waals surface area contributed by atoms with Crippen molar-refractivity contribution in [1.82, 2.24) is 4.90 Å². The minimum atomic E-state index is 0.846. The summed E-state index contributed by atoms with van der Waals surface area (Å²) < 4.78 is 0. The van der Waals surface area contributed by atoms with Gasteiger partial charge in [0.1, 0.15) is 0 Å². The molecule has 122 valence electrons. The normalized spacial score (nSPS) is 18.8. The fourth-order valence-corrected chi connectivity index (χ4v) is 3.33. The quantitative estimate of drug-likeness (QED) is 0.850. The Morgan fingerprint density at radius 2 is 1.70 bits per heavy atom. The van der Waals surface area contributed by atoms with Gasteiger partial charge in [-0.05, 0) is 55.5 Å². The van der Waals surface area contributed by atoms with Gasteiger partial charge in [-0.2, -0.15) is 0 Å². The Balaban J connectivity index is 1.51. The smallest absolute Gasteiger partial charge is 0.0400 e. The predicted octanol–water partition coefficient (Wildman–Crippen LogP) is 4.84. The summed E-state index contributed by atoms with van der Waals surface area (Å²) in [5.41, 5.74) is 5.24. The van der Waals surface area contributed by atoms with E-state index in [1.165, 1.54) is 48.3 Å². The average Bonchev–Trinajstić information content (AvgIpc) is 2.56. The molecule has 1 N–H and O–H groups in total. The molecular formula is C21H28N2. The van der Waals surface area contributed by atoms with Crippen LogP contribution in [0.5, 0.6) is 0 Å². The van der Waals surface area contributed by atoms with Gasteiger partial charge in [-0.3, -0.25) is 4.90 Å². The number of hydrogen-bond donors (Lipinski definition) is 1. The number of benzene rings is 2. The summed E-state index contributed by atoms with van der Waals surface area (Å²) in [6.07, 6.45) is 2.73. The highest BCUT2D eigenvalue weighted by Gasteiger charge is 2.15. The van der Waals surface area contributed by atoms with Crippen molar-refractivity contribution in [1.29, 1.82) is 0 Å². The largest absolute Gasteiger partial charge is 0.381 e. The number of nitrogens with zero attached hydrogens (tertiary/aromatic N) is 1. The lowest BCUT2D eigenvalue weighted by Crippen LogP contribution is -2.33. The van der Waals surface area contributed by atoms with Gasteiger partial charge < -0.3 is 5.32 Å². The van der Waals surface area contributed by atoms with Crippen LogP contribution >= 0.6 is 0 Å². The lowest BCUT2D eigenvalue weighted by atomic mass is 10.00. The van der Waals surface area contributed by atoms with Crippen LogP contribution in [0.3, 0.4) is 0 Å². The number of nitrogens with one attached hydrogen (secondary N) is 1. The highest BCUT2D eigenvalue weighted by molar-refractivity contribution is 5.45. The summed E-state index contributed by atoms with van der Waals surface area (Å²) in [6, 6.07) is 17.6. The second kappa shape index (κ2) is 7.65. The Kier molecular flexibility index (Phi) is 5.35. The molecule has 2 nitrogen and oxygen atoms in total. The fourth-order valence-electron chi connectivity index (χ4n) is 3.33. The van der Waals surface area contributed by atoms with Crippen LogP contribution in [-0.4, -0.2) is 18.0 Å². The molecule has 1 saturated heterocycles. The standard InChI is InChI=1S/C21H28N2/c1-17-5-7-19(8-6-17)14-22-21-11-9-20(10-12-21)16-23-13-3-4-18(2)15-23/h5-12,18,22H,3-4,13-16H2,1-2H3. The zero-order chi connectivity index (χ0) is 16.1. The lowest BCUT2D eigenvalue weighted by molar-refractivity contribution is 0.176. The van der Waals surface area contributed by atoms with E-state index in [9.17, 15) is 0 Å². The van der Waals surface area contributed by atoms with E-state index >= 15 is 0 Å². The van der Waals surface area contributed by atoms with Crippen LogP contribution in [0.15, 0.2) is 48.5 Å². The maximum Gasteiger partial charge on any atom is 0.0400 e. The van der Waals surface area contributed by atoms with E-state index in [1.807, 2.05) is 0 Å². The number of likely N-dealkylation sites (tertiary alicyclic amines) is 1. The van der Waals surface area contributed by atoms with Crippen LogP contribution in [0.1, 0.15) is 36.5 Å². The molecule has 1 heterocycles. The minimum absolute atomic E-state index is 0.846. The molecule has 3 rings (SSSR count). The topological polar surface area (TPSA) is 15.3 Å². The predicted molar refractivity (Wildman–Crippen MR) is 98.6 cm³/mol. The van der Waals surface area contributed by atoms with E-state index in [-0.39, 0.29) is 0 Å². The van der Waals surface area contributed by atoms with Gasteiger partial charge >= 0.3 is 0 Å². The van der Waals surface area contributed by atoms with Crippen LogP contribution in [0.25, 0.3) is 0 Å². The first-order valence-electron chi connectivity index (χ1n) is 8.80. The molecule has 1 aliphatic heterocycles. The van der Waals surface area contributed by atoms with Crippen LogP contribution < -0.4 is 5.32 Å². The van der Waals surface area contributed by atoms with Gasteiger partial charge in [-0.15, -0.1) is 0 Å². The van der Waals surface area contributed by atoms with E-state index < -0.39 is 0 Å². The molecule has 0 amide bonds. The third-order valence-corrected chi connectivity index (χ3v) is 4.72. The summed E-state index contributed by atoms with van der Waals surface area (Å²) in [6.45, 7) is 8.94. The van der Waals surface area contributed by atoms with Gasteiger partial charge in [-0.1, -0.05) is 48.9 Å². The van der Waals surface area contributed by atoms with E-state index in [0.29, 0.717) is 0 Å². The number of hydrogen-bond acceptors (Lipinski definition) is 2. The zero-order valence-corrected chi connectivity index (χ0v) is 14.4. The Hall–Kier alpha value is -1.80. The van der Waals surface area contributed by atoms with E-state index in [2.05, 4.69) is 72.6 Å². The van der Waals surface area contributed by atoms with Crippen LogP contribution in [-0.2, 0) is 13.1 Å². The molecule has 23 heavy (non-hydrogen) atoms. The monoisotopic (exact) mass is 308 g/mol. The molecule has 0 radical (unpaired) electrons. The molecule has 2 aromatic rings. The number of piperidine rings is 1. The minimum Gasteiger partial charge on any atom is -0.381 e. The summed E-state index contributed by atoms with van der Waals surface area (Å²) in [4.78, 5) is 2.59. The van der Waals surface area contributed by atoms with Crippen molar-refractivity contribution in [2.75, 3.05) is 18.4 Å². The summed E-state index contributed by atoms with van der Waals surface area (Å²) in [5.74, 6) is 0.846. The van der Waals surface area contributed by atoms with Gasteiger partial charge in [0.2, 0.25) is 0 Å². The molecule has 1 aliphatic rings. The maximum absolute atomic E-state index is 3.50. The molecule has 1 fully saturated rings.